The van der Waals surface area contributed by atoms with Crippen molar-refractivity contribution in [3.63, 3.8) is 0 Å². The molecule has 2 unspecified atom stereocenters. The number of anilines is 1. The van der Waals surface area contributed by atoms with Gasteiger partial charge in [-0.1, -0.05) is 19.1 Å². The zero-order valence-electron chi connectivity index (χ0n) is 20.2. The normalized spacial score (nSPS) is 24.0. The molecule has 4 nitrogen and oxygen atoms in total. The van der Waals surface area contributed by atoms with E-state index in [0.29, 0.717) is 11.7 Å². The van der Waals surface area contributed by atoms with E-state index >= 15 is 4.39 Å². The van der Waals surface area contributed by atoms with Gasteiger partial charge in [0, 0.05) is 17.6 Å². The lowest BCUT2D eigenvalue weighted by atomic mass is 9.67. The number of rotatable bonds is 9. The van der Waals surface area contributed by atoms with Crippen LogP contribution in [0.25, 0.3) is 0 Å². The molecule has 0 aliphatic heterocycles. The highest BCUT2D eigenvalue weighted by atomic mass is 19.1. The minimum Gasteiger partial charge on any atom is -0.497 e. The molecule has 2 saturated carbocycles. The van der Waals surface area contributed by atoms with Gasteiger partial charge in [-0.05, 0) is 105 Å². The van der Waals surface area contributed by atoms with E-state index in [0.717, 1.165) is 61.9 Å². The Morgan fingerprint density at radius 2 is 1.79 bits per heavy atom. The van der Waals surface area contributed by atoms with Crippen LogP contribution >= 0.6 is 0 Å². The van der Waals surface area contributed by atoms with Crippen LogP contribution in [0.5, 0.6) is 5.75 Å². The van der Waals surface area contributed by atoms with E-state index in [1.165, 1.54) is 13.0 Å². The summed E-state index contributed by atoms with van der Waals surface area (Å²) < 4.78 is 35.1. The van der Waals surface area contributed by atoms with Crippen molar-refractivity contribution in [1.82, 2.24) is 0 Å². The zero-order valence-corrected chi connectivity index (χ0v) is 20.2. The average molecular weight is 472 g/mol. The highest BCUT2D eigenvalue weighted by Crippen LogP contribution is 2.54. The Hall–Kier alpha value is -2.63. The monoisotopic (exact) mass is 471 g/mol. The Morgan fingerprint density at radius 1 is 1.09 bits per heavy atom. The highest BCUT2D eigenvalue weighted by Gasteiger charge is 2.59. The van der Waals surface area contributed by atoms with Gasteiger partial charge in [0.2, 0.25) is 5.67 Å². The Kier molecular flexibility index (Phi) is 6.88. The molecule has 0 heterocycles. The van der Waals surface area contributed by atoms with Crippen LogP contribution in [0.1, 0.15) is 69.4 Å². The van der Waals surface area contributed by atoms with E-state index in [2.05, 4.69) is 5.32 Å². The topological polar surface area (TPSA) is 58.6 Å². The Morgan fingerprint density at radius 3 is 2.41 bits per heavy atom. The summed E-state index contributed by atoms with van der Waals surface area (Å²) in [5.74, 6) is -0.198. The molecule has 6 heteroatoms. The maximum absolute atomic E-state index is 15.4. The molecule has 0 spiro atoms. The molecule has 2 aromatic rings. The van der Waals surface area contributed by atoms with Gasteiger partial charge in [-0.2, -0.15) is 0 Å². The fourth-order valence-corrected chi connectivity index (χ4v) is 5.63. The second kappa shape index (κ2) is 9.55. The molecule has 2 N–H and O–H groups in total. The minimum absolute atomic E-state index is 0.0288. The van der Waals surface area contributed by atoms with Gasteiger partial charge in [0.1, 0.15) is 11.6 Å². The fourth-order valence-electron chi connectivity index (χ4n) is 5.63. The van der Waals surface area contributed by atoms with Crippen molar-refractivity contribution in [3.8, 4) is 5.75 Å². The number of aliphatic carboxylic acids is 1. The number of methoxy groups -OCH3 is 1. The zero-order chi connectivity index (χ0) is 24.5. The summed E-state index contributed by atoms with van der Waals surface area (Å²) in [5.41, 5.74) is -1.07. The molecular formula is C28H35F2NO3. The molecule has 0 aromatic heterocycles. The maximum Gasteiger partial charge on any atom is 0.342 e. The van der Waals surface area contributed by atoms with Gasteiger partial charge in [-0.3, -0.25) is 0 Å². The summed E-state index contributed by atoms with van der Waals surface area (Å²) in [6, 6.07) is 12.5. The lowest BCUT2D eigenvalue weighted by molar-refractivity contribution is -0.155. The number of carbonyl (C=O) groups is 1. The summed E-state index contributed by atoms with van der Waals surface area (Å²) in [6.45, 7) is 3.72. The van der Waals surface area contributed by atoms with Crippen LogP contribution in [-0.4, -0.2) is 30.4 Å². The van der Waals surface area contributed by atoms with Crippen molar-refractivity contribution in [2.45, 2.75) is 69.4 Å². The third kappa shape index (κ3) is 4.64. The molecule has 4 rings (SSSR count). The van der Waals surface area contributed by atoms with Crippen LogP contribution in [0.2, 0.25) is 0 Å². The molecule has 2 fully saturated rings. The SMILES string of the molecule is COc1ccc(F)c(C2CCC(CNc3cccc(C(C)(C4CC4)C(C)(F)C(=O)O)c3)CC2)c1. The van der Waals surface area contributed by atoms with E-state index in [1.807, 2.05) is 30.3 Å². The molecule has 0 bridgehead atoms. The largest absolute Gasteiger partial charge is 0.497 e. The van der Waals surface area contributed by atoms with Gasteiger partial charge in [0.15, 0.2) is 0 Å². The molecule has 0 saturated heterocycles. The number of alkyl halides is 1. The van der Waals surface area contributed by atoms with Crippen molar-refractivity contribution >= 4 is 11.7 Å². The van der Waals surface area contributed by atoms with Crippen molar-refractivity contribution in [1.29, 1.82) is 0 Å². The third-order valence-corrected chi connectivity index (χ3v) is 8.32. The van der Waals surface area contributed by atoms with Crippen LogP contribution in [-0.2, 0) is 10.2 Å². The first-order chi connectivity index (χ1) is 16.2. The predicted octanol–water partition coefficient (Wildman–Crippen LogP) is 6.70. The van der Waals surface area contributed by atoms with Crippen LogP contribution in [0, 0.1) is 17.7 Å². The predicted molar refractivity (Wildman–Crippen MR) is 130 cm³/mol. The summed E-state index contributed by atoms with van der Waals surface area (Å²) in [5, 5.41) is 13.1. The minimum atomic E-state index is -2.35. The lowest BCUT2D eigenvalue weighted by Crippen LogP contribution is -2.51. The van der Waals surface area contributed by atoms with Gasteiger partial charge in [0.05, 0.1) is 7.11 Å². The van der Waals surface area contributed by atoms with Gasteiger partial charge in [-0.15, -0.1) is 0 Å². The van der Waals surface area contributed by atoms with Crippen LogP contribution in [0.15, 0.2) is 42.5 Å². The van der Waals surface area contributed by atoms with Crippen molar-refractivity contribution in [2.24, 2.45) is 11.8 Å². The third-order valence-electron chi connectivity index (χ3n) is 8.32. The van der Waals surface area contributed by atoms with Crippen molar-refractivity contribution in [2.75, 3.05) is 19.0 Å². The maximum atomic E-state index is 15.4. The van der Waals surface area contributed by atoms with Gasteiger partial charge >= 0.3 is 5.97 Å². The molecule has 2 aromatic carbocycles. The molecule has 34 heavy (non-hydrogen) atoms. The molecular weight excluding hydrogens is 436 g/mol. The second-order valence-electron chi connectivity index (χ2n) is 10.4. The molecule has 184 valence electrons. The molecule has 2 aliphatic carbocycles. The van der Waals surface area contributed by atoms with Gasteiger partial charge < -0.3 is 15.2 Å². The number of hydrogen-bond acceptors (Lipinski definition) is 3. The first-order valence-corrected chi connectivity index (χ1v) is 12.3. The van der Waals surface area contributed by atoms with Crippen LogP contribution in [0.3, 0.4) is 0 Å². The number of benzene rings is 2. The number of carboxylic acid groups (broad SMARTS) is 1. The summed E-state index contributed by atoms with van der Waals surface area (Å²) in [6.07, 6.45) is 5.53. The van der Waals surface area contributed by atoms with Gasteiger partial charge in [-0.25, -0.2) is 13.6 Å². The summed E-state index contributed by atoms with van der Waals surface area (Å²) in [4.78, 5) is 11.8. The molecule has 2 atom stereocenters. The number of carboxylic acids is 1. The van der Waals surface area contributed by atoms with E-state index in [1.54, 1.807) is 20.1 Å². The fraction of sp³-hybridized carbons (Fsp3) is 0.536. The highest BCUT2D eigenvalue weighted by molar-refractivity contribution is 5.80. The first-order valence-electron chi connectivity index (χ1n) is 12.3. The quantitative estimate of drug-likeness (QED) is 0.427. The lowest BCUT2D eigenvalue weighted by Gasteiger charge is -2.39. The van der Waals surface area contributed by atoms with E-state index in [4.69, 9.17) is 4.74 Å². The number of halogens is 2. The summed E-state index contributed by atoms with van der Waals surface area (Å²) >= 11 is 0. The summed E-state index contributed by atoms with van der Waals surface area (Å²) in [7, 11) is 1.59. The molecule has 0 radical (unpaired) electrons. The van der Waals surface area contributed by atoms with E-state index in [9.17, 15) is 14.3 Å². The Labute approximate surface area is 200 Å². The van der Waals surface area contributed by atoms with Gasteiger partial charge in [0.25, 0.3) is 0 Å². The Balaban J connectivity index is 1.39. The van der Waals surface area contributed by atoms with Crippen molar-refractivity contribution < 1.29 is 23.4 Å². The first kappa shape index (κ1) is 24.5. The smallest absolute Gasteiger partial charge is 0.342 e. The standard InChI is InChI=1S/C28H35F2NO3/c1-27(20-11-12-20,28(2,30)26(32)33)21-5-4-6-22(15-21)31-17-18-7-9-19(10-8-18)24-16-23(34-3)13-14-25(24)29/h4-6,13-16,18-20,31H,7-12,17H2,1-3H3,(H,32,33). The number of nitrogens with one attached hydrogen (secondary N) is 1. The number of ether oxygens (including phenoxy) is 1. The number of hydrogen-bond donors (Lipinski definition) is 2. The molecule has 2 aliphatic rings. The Bertz CT molecular complexity index is 1030. The van der Waals surface area contributed by atoms with Crippen molar-refractivity contribution in [3.05, 3.63) is 59.4 Å². The van der Waals surface area contributed by atoms with E-state index in [-0.39, 0.29) is 17.7 Å². The van der Waals surface area contributed by atoms with Crippen LogP contribution < -0.4 is 10.1 Å². The second-order valence-corrected chi connectivity index (χ2v) is 10.4. The average Bonchev–Trinajstić information content (AvgIpc) is 3.69. The van der Waals surface area contributed by atoms with Crippen LogP contribution in [0.4, 0.5) is 14.5 Å². The molecule has 0 amide bonds. The van der Waals surface area contributed by atoms with E-state index < -0.39 is 17.1 Å².